The number of ether oxygens (including phenoxy) is 1. The average molecular weight is 156 g/mol. The Balaban J connectivity index is 3.02. The summed E-state index contributed by atoms with van der Waals surface area (Å²) >= 11 is 0. The second-order valence-electron chi connectivity index (χ2n) is 2.36. The highest BCUT2D eigenvalue weighted by atomic mass is 16.5. The lowest BCUT2D eigenvalue weighted by atomic mass is 10.3. The van der Waals surface area contributed by atoms with Gasteiger partial charge in [-0.2, -0.15) is 0 Å². The molecule has 0 saturated heterocycles. The molecule has 0 N–H and O–H groups in total. The molecule has 2 heteroatoms. The first kappa shape index (κ1) is 10.2. The first-order chi connectivity index (χ1) is 5.27. The van der Waals surface area contributed by atoms with Crippen LogP contribution in [0.3, 0.4) is 0 Å². The van der Waals surface area contributed by atoms with Gasteiger partial charge in [0.25, 0.3) is 0 Å². The molecule has 64 valence electrons. The van der Waals surface area contributed by atoms with Gasteiger partial charge in [-0.25, -0.2) is 0 Å². The molecule has 0 radical (unpaired) electrons. The van der Waals surface area contributed by atoms with E-state index in [9.17, 15) is 4.79 Å². The third kappa shape index (κ3) is 9.21. The Hall–Kier alpha value is -0.790. The average Bonchev–Trinajstić information content (AvgIpc) is 1.96. The summed E-state index contributed by atoms with van der Waals surface area (Å²) in [6, 6.07) is 0. The Morgan fingerprint density at radius 2 is 2.18 bits per heavy atom. The molecule has 0 aromatic carbocycles. The van der Waals surface area contributed by atoms with Gasteiger partial charge in [-0.3, -0.25) is 4.79 Å². The van der Waals surface area contributed by atoms with Crippen molar-refractivity contribution in [1.82, 2.24) is 0 Å². The summed E-state index contributed by atoms with van der Waals surface area (Å²) in [4.78, 5) is 10.3. The maximum Gasteiger partial charge on any atom is 0.302 e. The van der Waals surface area contributed by atoms with Gasteiger partial charge in [0, 0.05) is 6.92 Å². The van der Waals surface area contributed by atoms with Crippen molar-refractivity contribution in [2.45, 2.75) is 33.1 Å². The summed E-state index contributed by atoms with van der Waals surface area (Å²) in [5.74, 6) is -0.190. The van der Waals surface area contributed by atoms with Gasteiger partial charge < -0.3 is 4.74 Å². The second kappa shape index (κ2) is 7.32. The molecule has 0 bridgehead atoms. The molecule has 0 aliphatic carbocycles. The Morgan fingerprint density at radius 3 is 2.73 bits per heavy atom. The molecule has 0 fully saturated rings. The molecule has 0 aromatic rings. The molecule has 0 atom stereocenters. The molecule has 0 spiro atoms. The summed E-state index contributed by atoms with van der Waals surface area (Å²) in [6.45, 7) is 4.08. The minimum absolute atomic E-state index is 0.190. The van der Waals surface area contributed by atoms with E-state index in [2.05, 4.69) is 19.1 Å². The fraction of sp³-hybridized carbons (Fsp3) is 0.667. The van der Waals surface area contributed by atoms with E-state index in [1.54, 1.807) is 0 Å². The Labute approximate surface area is 68.2 Å². The quantitative estimate of drug-likeness (QED) is 0.347. The molecule has 0 aromatic heterocycles. The largest absolute Gasteiger partial charge is 0.466 e. The lowest BCUT2D eigenvalue weighted by Gasteiger charge is -1.97. The van der Waals surface area contributed by atoms with Crippen LogP contribution < -0.4 is 0 Å². The summed E-state index contributed by atoms with van der Waals surface area (Å²) < 4.78 is 4.75. The molecule has 0 aliphatic heterocycles. The zero-order valence-corrected chi connectivity index (χ0v) is 7.30. The van der Waals surface area contributed by atoms with E-state index in [0.29, 0.717) is 6.61 Å². The smallest absolute Gasteiger partial charge is 0.302 e. The maximum atomic E-state index is 10.3. The summed E-state index contributed by atoms with van der Waals surface area (Å²) in [5.41, 5.74) is 0. The van der Waals surface area contributed by atoms with E-state index in [1.807, 2.05) is 0 Å². The van der Waals surface area contributed by atoms with Gasteiger partial charge in [0.1, 0.15) is 0 Å². The van der Waals surface area contributed by atoms with Crippen molar-refractivity contribution in [2.75, 3.05) is 6.61 Å². The van der Waals surface area contributed by atoms with Crippen LogP contribution >= 0.6 is 0 Å². The number of esters is 1. The van der Waals surface area contributed by atoms with Crippen molar-refractivity contribution >= 4 is 5.97 Å². The fourth-order valence-corrected chi connectivity index (χ4v) is 0.702. The lowest BCUT2D eigenvalue weighted by Crippen LogP contribution is -1.99. The van der Waals surface area contributed by atoms with Crippen molar-refractivity contribution in [3.05, 3.63) is 12.2 Å². The molecule has 0 aliphatic rings. The molecule has 11 heavy (non-hydrogen) atoms. The van der Waals surface area contributed by atoms with Gasteiger partial charge in [0.2, 0.25) is 0 Å². The number of carbonyl (C=O) groups excluding carboxylic acids is 1. The predicted octanol–water partition coefficient (Wildman–Crippen LogP) is 2.30. The fourth-order valence-electron chi connectivity index (χ4n) is 0.702. The number of hydrogen-bond donors (Lipinski definition) is 0. The third-order valence-corrected chi connectivity index (χ3v) is 1.22. The van der Waals surface area contributed by atoms with Crippen LogP contribution in [0.15, 0.2) is 12.2 Å². The van der Waals surface area contributed by atoms with Gasteiger partial charge in [-0.15, -0.1) is 0 Å². The summed E-state index contributed by atoms with van der Waals surface area (Å²) in [5, 5.41) is 0. The van der Waals surface area contributed by atoms with Gasteiger partial charge >= 0.3 is 5.97 Å². The van der Waals surface area contributed by atoms with E-state index in [-0.39, 0.29) is 5.97 Å². The van der Waals surface area contributed by atoms with Crippen LogP contribution in [0.25, 0.3) is 0 Å². The lowest BCUT2D eigenvalue weighted by molar-refractivity contribution is -0.141. The number of carbonyl (C=O) groups is 1. The first-order valence-corrected chi connectivity index (χ1v) is 4.05. The zero-order chi connectivity index (χ0) is 8.53. The summed E-state index contributed by atoms with van der Waals surface area (Å²) in [6.07, 6.45) is 7.24. The molecule has 0 unspecified atom stereocenters. The molecular weight excluding hydrogens is 140 g/mol. The van der Waals surface area contributed by atoms with E-state index in [0.717, 1.165) is 19.3 Å². The monoisotopic (exact) mass is 156 g/mol. The van der Waals surface area contributed by atoms with Crippen LogP contribution in [0.2, 0.25) is 0 Å². The van der Waals surface area contributed by atoms with E-state index in [1.165, 1.54) is 6.92 Å². The molecule has 0 rings (SSSR count). The molecule has 0 heterocycles. The van der Waals surface area contributed by atoms with Gasteiger partial charge in [0.05, 0.1) is 6.61 Å². The number of rotatable bonds is 5. The summed E-state index contributed by atoms with van der Waals surface area (Å²) in [7, 11) is 0. The van der Waals surface area contributed by atoms with Crippen LogP contribution in [0.5, 0.6) is 0 Å². The van der Waals surface area contributed by atoms with Crippen LogP contribution in [0.1, 0.15) is 33.1 Å². The molecule has 0 saturated carbocycles. The van der Waals surface area contributed by atoms with Crippen molar-refractivity contribution in [3.63, 3.8) is 0 Å². The normalized spacial score (nSPS) is 10.4. The SMILES string of the molecule is CC/C=C\CCCOC(C)=O. The highest BCUT2D eigenvalue weighted by Crippen LogP contribution is 1.93. The first-order valence-electron chi connectivity index (χ1n) is 4.05. The van der Waals surface area contributed by atoms with Crippen LogP contribution in [-0.4, -0.2) is 12.6 Å². The number of unbranched alkanes of at least 4 members (excludes halogenated alkanes) is 1. The number of hydrogen-bond acceptors (Lipinski definition) is 2. The standard InChI is InChI=1S/C9H16O2/c1-3-4-5-6-7-8-11-9(2)10/h4-5H,3,6-8H2,1-2H3/b5-4-. The predicted molar refractivity (Wildman–Crippen MR) is 45.3 cm³/mol. The maximum absolute atomic E-state index is 10.3. The third-order valence-electron chi connectivity index (χ3n) is 1.22. The Kier molecular flexibility index (Phi) is 6.79. The zero-order valence-electron chi connectivity index (χ0n) is 7.30. The van der Waals surface area contributed by atoms with Crippen LogP contribution in [0, 0.1) is 0 Å². The van der Waals surface area contributed by atoms with E-state index in [4.69, 9.17) is 4.74 Å². The topological polar surface area (TPSA) is 26.3 Å². The second-order valence-corrected chi connectivity index (χ2v) is 2.36. The molecule has 0 amide bonds. The van der Waals surface area contributed by atoms with Crippen molar-refractivity contribution in [3.8, 4) is 0 Å². The van der Waals surface area contributed by atoms with E-state index >= 15 is 0 Å². The van der Waals surface area contributed by atoms with Crippen molar-refractivity contribution < 1.29 is 9.53 Å². The molecular formula is C9H16O2. The van der Waals surface area contributed by atoms with E-state index < -0.39 is 0 Å². The highest BCUT2D eigenvalue weighted by Gasteiger charge is 1.89. The minimum Gasteiger partial charge on any atom is -0.466 e. The van der Waals surface area contributed by atoms with Gasteiger partial charge in [0.15, 0.2) is 0 Å². The Bertz CT molecular complexity index is 128. The number of allylic oxidation sites excluding steroid dienone is 2. The molecule has 2 nitrogen and oxygen atoms in total. The van der Waals surface area contributed by atoms with Crippen molar-refractivity contribution in [2.24, 2.45) is 0 Å². The Morgan fingerprint density at radius 1 is 1.45 bits per heavy atom. The van der Waals surface area contributed by atoms with Gasteiger partial charge in [-0.05, 0) is 19.3 Å². The van der Waals surface area contributed by atoms with Gasteiger partial charge in [-0.1, -0.05) is 19.1 Å². The van der Waals surface area contributed by atoms with Crippen molar-refractivity contribution in [1.29, 1.82) is 0 Å². The minimum atomic E-state index is -0.190. The van der Waals surface area contributed by atoms with Crippen LogP contribution in [0.4, 0.5) is 0 Å². The van der Waals surface area contributed by atoms with Crippen LogP contribution in [-0.2, 0) is 9.53 Å². The highest BCUT2D eigenvalue weighted by molar-refractivity contribution is 5.65.